The van der Waals surface area contributed by atoms with Crippen LogP contribution in [-0.4, -0.2) is 29.9 Å². The number of pyridine rings is 1. The highest BCUT2D eigenvalue weighted by Gasteiger charge is 2.00. The Morgan fingerprint density at radius 2 is 1.21 bits per heavy atom. The molecular formula is C34H47N3O2. The van der Waals surface area contributed by atoms with Crippen LogP contribution in [0.4, 0.5) is 0 Å². The van der Waals surface area contributed by atoms with Crippen molar-refractivity contribution in [2.45, 2.75) is 71.6 Å². The number of carbonyl (C=O) groups excluding carboxylic acids is 2. The Kier molecular flexibility index (Phi) is 21.0. The van der Waals surface area contributed by atoms with E-state index < -0.39 is 0 Å². The summed E-state index contributed by atoms with van der Waals surface area (Å²) in [6.07, 6.45) is 38.8. The van der Waals surface area contributed by atoms with Gasteiger partial charge in [-0.05, 0) is 63.5 Å². The van der Waals surface area contributed by atoms with Gasteiger partial charge in [0, 0.05) is 37.8 Å². The minimum absolute atomic E-state index is 0.00413. The minimum atomic E-state index is -0.0708. The van der Waals surface area contributed by atoms with E-state index in [1.54, 1.807) is 6.20 Å². The van der Waals surface area contributed by atoms with Gasteiger partial charge < -0.3 is 10.6 Å². The first kappa shape index (κ1) is 33.3. The van der Waals surface area contributed by atoms with E-state index >= 15 is 0 Å². The quantitative estimate of drug-likeness (QED) is 0.136. The molecule has 0 saturated carbocycles. The summed E-state index contributed by atoms with van der Waals surface area (Å²) < 4.78 is 0. The SMILES string of the molecule is CCC=CCC=CCC=CCC=CCC=CCC=CCCC(=O)NCCNC(=O)C/C=C/c1ccc(C)nc1. The number of hydrogen-bond acceptors (Lipinski definition) is 3. The van der Waals surface area contributed by atoms with E-state index in [1.165, 1.54) is 0 Å². The van der Waals surface area contributed by atoms with Crippen molar-refractivity contribution < 1.29 is 9.59 Å². The lowest BCUT2D eigenvalue weighted by atomic mass is 10.2. The molecule has 0 spiro atoms. The number of nitrogens with zero attached hydrogens (tertiary/aromatic N) is 1. The molecule has 1 aromatic rings. The van der Waals surface area contributed by atoms with Gasteiger partial charge in [-0.2, -0.15) is 0 Å². The molecule has 0 atom stereocenters. The predicted octanol–water partition coefficient (Wildman–Crippen LogP) is 7.50. The molecule has 1 rings (SSSR count). The van der Waals surface area contributed by atoms with Crippen molar-refractivity contribution in [1.82, 2.24) is 15.6 Å². The van der Waals surface area contributed by atoms with E-state index in [9.17, 15) is 9.59 Å². The van der Waals surface area contributed by atoms with Gasteiger partial charge in [-0.1, -0.05) is 98.1 Å². The van der Waals surface area contributed by atoms with Crippen LogP contribution in [0.15, 0.2) is 97.3 Å². The van der Waals surface area contributed by atoms with E-state index in [0.29, 0.717) is 32.4 Å². The number of rotatable bonds is 20. The molecule has 210 valence electrons. The van der Waals surface area contributed by atoms with Crippen LogP contribution in [-0.2, 0) is 9.59 Å². The van der Waals surface area contributed by atoms with Gasteiger partial charge >= 0.3 is 0 Å². The second-order valence-corrected chi connectivity index (χ2v) is 8.99. The third-order valence-electron chi connectivity index (χ3n) is 5.45. The Labute approximate surface area is 236 Å². The molecule has 2 amide bonds. The summed E-state index contributed by atoms with van der Waals surface area (Å²) in [6, 6.07) is 3.90. The van der Waals surface area contributed by atoms with E-state index in [-0.39, 0.29) is 11.8 Å². The second-order valence-electron chi connectivity index (χ2n) is 8.99. The van der Waals surface area contributed by atoms with Gasteiger partial charge in [0.15, 0.2) is 0 Å². The third-order valence-corrected chi connectivity index (χ3v) is 5.45. The van der Waals surface area contributed by atoms with E-state index in [4.69, 9.17) is 0 Å². The summed E-state index contributed by atoms with van der Waals surface area (Å²) in [4.78, 5) is 28.0. The molecule has 0 aliphatic rings. The molecule has 2 N–H and O–H groups in total. The fourth-order valence-electron chi connectivity index (χ4n) is 3.30. The van der Waals surface area contributed by atoms with Crippen molar-refractivity contribution in [2.75, 3.05) is 13.1 Å². The van der Waals surface area contributed by atoms with E-state index in [2.05, 4.69) is 89.4 Å². The molecule has 0 unspecified atom stereocenters. The molecule has 5 heteroatoms. The second kappa shape index (κ2) is 24.6. The highest BCUT2D eigenvalue weighted by molar-refractivity contribution is 5.79. The molecule has 0 saturated heterocycles. The molecule has 0 aliphatic heterocycles. The highest BCUT2D eigenvalue weighted by Crippen LogP contribution is 2.02. The van der Waals surface area contributed by atoms with Crippen LogP contribution in [0.2, 0.25) is 0 Å². The molecule has 39 heavy (non-hydrogen) atoms. The van der Waals surface area contributed by atoms with Crippen molar-refractivity contribution in [2.24, 2.45) is 0 Å². The number of aryl methyl sites for hydroxylation is 1. The summed E-state index contributed by atoms with van der Waals surface area (Å²) in [5, 5.41) is 5.65. The van der Waals surface area contributed by atoms with E-state index in [0.717, 1.165) is 49.8 Å². The highest BCUT2D eigenvalue weighted by atomic mass is 16.2. The molecule has 0 fully saturated rings. The maximum atomic E-state index is 11.9. The Balaban J connectivity index is 1.97. The van der Waals surface area contributed by atoms with Gasteiger partial charge in [-0.15, -0.1) is 0 Å². The van der Waals surface area contributed by atoms with Crippen LogP contribution in [0.3, 0.4) is 0 Å². The average molecular weight is 530 g/mol. The van der Waals surface area contributed by atoms with Gasteiger partial charge in [0.05, 0.1) is 0 Å². The molecule has 0 aliphatic carbocycles. The first-order valence-electron chi connectivity index (χ1n) is 14.1. The first-order valence-corrected chi connectivity index (χ1v) is 14.1. The predicted molar refractivity (Wildman–Crippen MR) is 166 cm³/mol. The lowest BCUT2D eigenvalue weighted by Gasteiger charge is -2.05. The zero-order chi connectivity index (χ0) is 28.2. The first-order chi connectivity index (χ1) is 19.1. The fourth-order valence-corrected chi connectivity index (χ4v) is 3.30. The number of nitrogens with one attached hydrogen (secondary N) is 2. The van der Waals surface area contributed by atoms with Crippen molar-refractivity contribution in [3.05, 3.63) is 109 Å². The molecular weight excluding hydrogens is 482 g/mol. The molecule has 0 aromatic carbocycles. The Hall–Kier alpha value is -3.73. The zero-order valence-electron chi connectivity index (χ0n) is 23.9. The van der Waals surface area contributed by atoms with E-state index in [1.807, 2.05) is 37.3 Å². The lowest BCUT2D eigenvalue weighted by molar-refractivity contribution is -0.122. The normalized spacial score (nSPS) is 12.5. The third kappa shape index (κ3) is 22.0. The maximum Gasteiger partial charge on any atom is 0.223 e. The molecule has 0 radical (unpaired) electrons. The van der Waals surface area contributed by atoms with Crippen molar-refractivity contribution in [1.29, 1.82) is 0 Å². The standard InChI is InChI=1S/C34H47N3O2/c1-3-4-5-6-7-8-9-10-11-12-13-14-15-16-17-18-19-20-21-24-33(38)35-28-29-36-34(39)25-22-23-32-27-26-31(2)37-30-32/h4-5,7-8,10-11,13-14,16-17,19-20,22-23,26-27,30H,3,6,9,12,15,18,21,24-25,28-29H2,1-2H3,(H,35,38)(H,36,39)/b5-4?,8-7?,11-10?,14-13?,17-16?,20-19?,23-22+. The Morgan fingerprint density at radius 3 is 1.72 bits per heavy atom. The summed E-state index contributed by atoms with van der Waals surface area (Å²) in [5.74, 6) is -0.0749. The van der Waals surface area contributed by atoms with Gasteiger partial charge in [0.1, 0.15) is 0 Å². The van der Waals surface area contributed by atoms with Gasteiger partial charge in [-0.25, -0.2) is 0 Å². The number of hydrogen-bond donors (Lipinski definition) is 2. The van der Waals surface area contributed by atoms with Crippen LogP contribution in [0.25, 0.3) is 6.08 Å². The Bertz CT molecular complexity index is 996. The van der Waals surface area contributed by atoms with Crippen LogP contribution in [0, 0.1) is 6.92 Å². The smallest absolute Gasteiger partial charge is 0.223 e. The number of allylic oxidation sites excluding steroid dienone is 12. The van der Waals surface area contributed by atoms with Crippen LogP contribution in [0.5, 0.6) is 0 Å². The Morgan fingerprint density at radius 1 is 0.692 bits per heavy atom. The van der Waals surface area contributed by atoms with Gasteiger partial charge in [0.25, 0.3) is 0 Å². The maximum absolute atomic E-state index is 11.9. The zero-order valence-corrected chi connectivity index (χ0v) is 23.9. The van der Waals surface area contributed by atoms with Crippen molar-refractivity contribution in [3.63, 3.8) is 0 Å². The van der Waals surface area contributed by atoms with Crippen molar-refractivity contribution >= 4 is 17.9 Å². The van der Waals surface area contributed by atoms with Gasteiger partial charge in [-0.3, -0.25) is 14.6 Å². The molecule has 1 heterocycles. The van der Waals surface area contributed by atoms with Gasteiger partial charge in [0.2, 0.25) is 11.8 Å². The summed E-state index contributed by atoms with van der Waals surface area (Å²) in [7, 11) is 0. The van der Waals surface area contributed by atoms with Crippen LogP contribution < -0.4 is 10.6 Å². The van der Waals surface area contributed by atoms with Crippen molar-refractivity contribution in [3.8, 4) is 0 Å². The van der Waals surface area contributed by atoms with Crippen LogP contribution in [0.1, 0.15) is 76.0 Å². The molecule has 5 nitrogen and oxygen atoms in total. The lowest BCUT2D eigenvalue weighted by Crippen LogP contribution is -2.34. The number of amides is 2. The fraction of sp³-hybridized carbons (Fsp3) is 0.382. The van der Waals surface area contributed by atoms with Crippen LogP contribution >= 0.6 is 0 Å². The topological polar surface area (TPSA) is 71.1 Å². The minimum Gasteiger partial charge on any atom is -0.354 e. The summed E-state index contributed by atoms with van der Waals surface area (Å²) in [5.41, 5.74) is 1.93. The molecule has 0 bridgehead atoms. The number of aromatic nitrogens is 1. The summed E-state index contributed by atoms with van der Waals surface area (Å²) >= 11 is 0. The monoisotopic (exact) mass is 529 g/mol. The number of carbonyl (C=O) groups is 2. The summed E-state index contributed by atoms with van der Waals surface area (Å²) in [6.45, 7) is 4.94. The average Bonchev–Trinajstić information content (AvgIpc) is 2.93. The molecule has 1 aromatic heterocycles. The largest absolute Gasteiger partial charge is 0.354 e.